The van der Waals surface area contributed by atoms with Gasteiger partial charge in [0.25, 0.3) is 5.91 Å². The molecule has 0 aliphatic carbocycles. The van der Waals surface area contributed by atoms with Crippen molar-refractivity contribution in [3.63, 3.8) is 0 Å². The molecule has 2 heterocycles. The van der Waals surface area contributed by atoms with E-state index in [2.05, 4.69) is 5.32 Å². The average molecular weight is 407 g/mol. The lowest BCUT2D eigenvalue weighted by atomic mass is 10.0. The van der Waals surface area contributed by atoms with Gasteiger partial charge >= 0.3 is 5.97 Å². The predicted octanol–water partition coefficient (Wildman–Crippen LogP) is 4.52. The van der Waals surface area contributed by atoms with Gasteiger partial charge in [-0.25, -0.2) is 4.79 Å². The third-order valence-electron chi connectivity index (χ3n) is 4.84. The number of para-hydroxylation sites is 1. The minimum atomic E-state index is -0.488. The molecule has 1 atom stereocenters. The first-order valence-corrected chi connectivity index (χ1v) is 10.3. The van der Waals surface area contributed by atoms with Crippen LogP contribution in [0.2, 0.25) is 0 Å². The Morgan fingerprint density at radius 1 is 1.14 bits per heavy atom. The van der Waals surface area contributed by atoms with E-state index in [4.69, 9.17) is 9.47 Å². The van der Waals surface area contributed by atoms with Crippen molar-refractivity contribution in [3.05, 3.63) is 76.0 Å². The summed E-state index contributed by atoms with van der Waals surface area (Å²) in [6.45, 7) is 2.24. The summed E-state index contributed by atoms with van der Waals surface area (Å²) in [5.41, 5.74) is 3.86. The van der Waals surface area contributed by atoms with Crippen molar-refractivity contribution in [1.82, 2.24) is 5.32 Å². The van der Waals surface area contributed by atoms with Gasteiger partial charge in [-0.05, 0) is 30.0 Å². The Hall–Kier alpha value is -3.12. The highest BCUT2D eigenvalue weighted by Gasteiger charge is 2.23. The quantitative estimate of drug-likeness (QED) is 0.632. The first-order chi connectivity index (χ1) is 14.1. The third-order valence-corrected chi connectivity index (χ3v) is 5.74. The number of aryl methyl sites for hydroxylation is 1. The van der Waals surface area contributed by atoms with Crippen LogP contribution in [-0.4, -0.2) is 25.1 Å². The highest BCUT2D eigenvalue weighted by molar-refractivity contribution is 7.12. The van der Waals surface area contributed by atoms with Gasteiger partial charge in [-0.3, -0.25) is 4.79 Å². The topological polar surface area (TPSA) is 64.6 Å². The van der Waals surface area contributed by atoms with Crippen molar-refractivity contribution < 1.29 is 19.1 Å². The molecule has 0 spiro atoms. The number of nitrogens with one attached hydrogen (secondary N) is 1. The molecule has 6 heteroatoms. The zero-order chi connectivity index (χ0) is 20.2. The summed E-state index contributed by atoms with van der Waals surface area (Å²) in [6, 6.07) is 17.3. The fourth-order valence-electron chi connectivity index (χ4n) is 3.35. The molecular formula is C23H21NO4S. The SMILES string of the molecule is Cc1ccc(-c2ccsc2C(=O)OCC(=O)NC2CCOc3ccccc32)cc1. The number of rotatable bonds is 5. The standard InChI is InChI=1S/C23H21NO4S/c1-15-6-8-16(9-7-15)17-11-13-29-22(17)23(26)28-14-21(25)24-19-10-12-27-20-5-3-2-4-18(19)20/h2-9,11,13,19H,10,12,14H2,1H3,(H,24,25). The molecule has 1 N–H and O–H groups in total. The number of carbonyl (C=O) groups excluding carboxylic acids is 2. The van der Waals surface area contributed by atoms with Crippen LogP contribution in [-0.2, 0) is 9.53 Å². The fraction of sp³-hybridized carbons (Fsp3) is 0.217. The van der Waals surface area contributed by atoms with E-state index in [1.54, 1.807) is 0 Å². The molecule has 1 aliphatic heterocycles. The number of hydrogen-bond donors (Lipinski definition) is 1. The number of carbonyl (C=O) groups is 2. The van der Waals surface area contributed by atoms with E-state index in [9.17, 15) is 9.59 Å². The van der Waals surface area contributed by atoms with E-state index in [1.165, 1.54) is 11.3 Å². The van der Waals surface area contributed by atoms with Crippen molar-refractivity contribution >= 4 is 23.2 Å². The molecule has 0 fully saturated rings. The second-order valence-electron chi connectivity index (χ2n) is 6.90. The second kappa shape index (κ2) is 8.49. The molecule has 1 amide bonds. The van der Waals surface area contributed by atoms with Crippen molar-refractivity contribution in [2.45, 2.75) is 19.4 Å². The molecule has 0 saturated carbocycles. The Kier molecular flexibility index (Phi) is 5.62. The van der Waals surface area contributed by atoms with Gasteiger partial charge in [0.2, 0.25) is 0 Å². The Balaban J connectivity index is 1.38. The van der Waals surface area contributed by atoms with Crippen molar-refractivity contribution in [1.29, 1.82) is 0 Å². The molecule has 2 aromatic carbocycles. The maximum Gasteiger partial charge on any atom is 0.349 e. The number of ether oxygens (including phenoxy) is 2. The molecule has 0 bridgehead atoms. The van der Waals surface area contributed by atoms with Gasteiger partial charge in [0, 0.05) is 17.5 Å². The monoisotopic (exact) mass is 407 g/mol. The van der Waals surface area contributed by atoms with Crippen LogP contribution in [0.15, 0.2) is 60.0 Å². The Morgan fingerprint density at radius 2 is 1.93 bits per heavy atom. The van der Waals surface area contributed by atoms with Crippen molar-refractivity contribution in [2.24, 2.45) is 0 Å². The number of thiophene rings is 1. The molecule has 5 nitrogen and oxygen atoms in total. The summed E-state index contributed by atoms with van der Waals surface area (Å²) < 4.78 is 10.9. The molecule has 0 saturated heterocycles. The van der Waals surface area contributed by atoms with Crippen LogP contribution >= 0.6 is 11.3 Å². The fourth-order valence-corrected chi connectivity index (χ4v) is 4.16. The van der Waals surface area contributed by atoms with Crippen LogP contribution in [0.5, 0.6) is 5.75 Å². The smallest absolute Gasteiger partial charge is 0.349 e. The summed E-state index contributed by atoms with van der Waals surface area (Å²) in [6.07, 6.45) is 0.680. The van der Waals surface area contributed by atoms with Gasteiger partial charge in [0.1, 0.15) is 10.6 Å². The first-order valence-electron chi connectivity index (χ1n) is 9.44. The maximum atomic E-state index is 12.6. The molecule has 1 unspecified atom stereocenters. The van der Waals surface area contributed by atoms with E-state index in [0.29, 0.717) is 17.9 Å². The van der Waals surface area contributed by atoms with Gasteiger partial charge in [-0.2, -0.15) is 0 Å². The number of benzene rings is 2. The van der Waals surface area contributed by atoms with Gasteiger partial charge in [0.05, 0.1) is 12.6 Å². The predicted molar refractivity (Wildman–Crippen MR) is 112 cm³/mol. The van der Waals surface area contributed by atoms with Crippen LogP contribution < -0.4 is 10.1 Å². The molecule has 1 aliphatic rings. The van der Waals surface area contributed by atoms with Crippen LogP contribution in [0, 0.1) is 6.92 Å². The zero-order valence-corrected chi connectivity index (χ0v) is 16.8. The van der Waals surface area contributed by atoms with Gasteiger partial charge in [-0.15, -0.1) is 11.3 Å². The summed E-state index contributed by atoms with van der Waals surface area (Å²) >= 11 is 1.31. The van der Waals surface area contributed by atoms with Crippen LogP contribution in [0.1, 0.15) is 33.3 Å². The Bertz CT molecular complexity index is 1030. The average Bonchev–Trinajstić information content (AvgIpc) is 3.23. The number of amides is 1. The summed E-state index contributed by atoms with van der Waals surface area (Å²) in [5, 5.41) is 4.79. The van der Waals surface area contributed by atoms with Crippen LogP contribution in [0.25, 0.3) is 11.1 Å². The van der Waals surface area contributed by atoms with E-state index in [0.717, 1.165) is 28.0 Å². The molecule has 4 rings (SSSR count). The van der Waals surface area contributed by atoms with E-state index < -0.39 is 5.97 Å². The van der Waals surface area contributed by atoms with Crippen molar-refractivity contribution in [3.8, 4) is 16.9 Å². The Morgan fingerprint density at radius 3 is 2.76 bits per heavy atom. The van der Waals surface area contributed by atoms with E-state index >= 15 is 0 Å². The Labute approximate surface area is 173 Å². The zero-order valence-electron chi connectivity index (χ0n) is 16.0. The van der Waals surface area contributed by atoms with Gasteiger partial charge in [-0.1, -0.05) is 48.0 Å². The van der Waals surface area contributed by atoms with Crippen LogP contribution in [0.4, 0.5) is 0 Å². The molecular weight excluding hydrogens is 386 g/mol. The maximum absolute atomic E-state index is 12.6. The molecule has 29 heavy (non-hydrogen) atoms. The summed E-state index contributed by atoms with van der Waals surface area (Å²) in [7, 11) is 0. The molecule has 0 radical (unpaired) electrons. The minimum absolute atomic E-state index is 0.143. The van der Waals surface area contributed by atoms with Gasteiger partial charge in [0.15, 0.2) is 6.61 Å². The third kappa shape index (κ3) is 4.32. The highest BCUT2D eigenvalue weighted by atomic mass is 32.1. The normalized spacial score (nSPS) is 15.1. The number of hydrogen-bond acceptors (Lipinski definition) is 5. The van der Waals surface area contributed by atoms with Crippen molar-refractivity contribution in [2.75, 3.05) is 13.2 Å². The summed E-state index contributed by atoms with van der Waals surface area (Å²) in [4.78, 5) is 25.4. The van der Waals surface area contributed by atoms with E-state index in [1.807, 2.05) is 66.9 Å². The lowest BCUT2D eigenvalue weighted by Gasteiger charge is -2.26. The molecule has 3 aromatic rings. The molecule has 1 aromatic heterocycles. The summed E-state index contributed by atoms with van der Waals surface area (Å²) in [5.74, 6) is -0.0334. The number of esters is 1. The lowest BCUT2D eigenvalue weighted by Crippen LogP contribution is -2.35. The lowest BCUT2D eigenvalue weighted by molar-refractivity contribution is -0.125. The first kappa shape index (κ1) is 19.2. The molecule has 148 valence electrons. The minimum Gasteiger partial charge on any atom is -0.493 e. The van der Waals surface area contributed by atoms with E-state index in [-0.39, 0.29) is 18.6 Å². The van der Waals surface area contributed by atoms with Crippen LogP contribution in [0.3, 0.4) is 0 Å². The number of fused-ring (bicyclic) bond motifs is 1. The largest absolute Gasteiger partial charge is 0.493 e. The second-order valence-corrected chi connectivity index (χ2v) is 7.82. The van der Waals surface area contributed by atoms with Gasteiger partial charge < -0.3 is 14.8 Å². The highest BCUT2D eigenvalue weighted by Crippen LogP contribution is 2.32.